The largest absolute Gasteiger partial charge is 0.467 e. The van der Waals surface area contributed by atoms with Gasteiger partial charge >= 0.3 is 7.60 Å². The van der Waals surface area contributed by atoms with E-state index in [1.165, 1.54) is 16.5 Å². The first-order valence-electron chi connectivity index (χ1n) is 15.5. The molecule has 4 aromatic rings. The van der Waals surface area contributed by atoms with Crippen molar-refractivity contribution in [1.29, 1.82) is 0 Å². The van der Waals surface area contributed by atoms with E-state index in [0.717, 1.165) is 78.7 Å². The molecule has 1 unspecified atom stereocenters. The predicted molar refractivity (Wildman–Crippen MR) is 173 cm³/mol. The van der Waals surface area contributed by atoms with Gasteiger partial charge in [-0.1, -0.05) is 75.2 Å². The maximum absolute atomic E-state index is 14.0. The molecule has 2 aromatic heterocycles. The van der Waals surface area contributed by atoms with Crippen molar-refractivity contribution in [1.82, 2.24) is 14.6 Å². The molecular weight excluding hydrogens is 561 g/mol. The van der Waals surface area contributed by atoms with Crippen LogP contribution in [0, 0.1) is 6.92 Å². The number of hydrogen-bond acceptors (Lipinski definition) is 6. The fourth-order valence-corrected chi connectivity index (χ4v) is 7.11. The smallest absolute Gasteiger partial charge is 0.333 e. The molecule has 0 saturated heterocycles. The lowest BCUT2D eigenvalue weighted by molar-refractivity contribution is 0.0929. The van der Waals surface area contributed by atoms with E-state index >= 15 is 0 Å². The van der Waals surface area contributed by atoms with Crippen LogP contribution in [0.4, 0.5) is 0 Å². The molecular formula is C34H42N3O5P. The molecule has 1 atom stereocenters. The van der Waals surface area contributed by atoms with Crippen LogP contribution in [-0.4, -0.2) is 34.2 Å². The highest BCUT2D eigenvalue weighted by molar-refractivity contribution is 7.53. The second-order valence-corrected chi connectivity index (χ2v) is 13.2. The van der Waals surface area contributed by atoms with Gasteiger partial charge in [-0.25, -0.2) is 0 Å². The summed E-state index contributed by atoms with van der Waals surface area (Å²) < 4.78 is 31.6. The monoisotopic (exact) mass is 603 g/mol. The Kier molecular flexibility index (Phi) is 10.3. The summed E-state index contributed by atoms with van der Waals surface area (Å²) in [6, 6.07) is 17.3. The van der Waals surface area contributed by atoms with Crippen LogP contribution in [0.25, 0.3) is 33.6 Å². The predicted octanol–water partition coefficient (Wildman–Crippen LogP) is 8.79. The van der Waals surface area contributed by atoms with Crippen LogP contribution in [-0.2, 0) is 13.6 Å². The Hall–Kier alpha value is -3.45. The number of nitrogens with one attached hydrogen (secondary N) is 1. The van der Waals surface area contributed by atoms with Crippen molar-refractivity contribution in [2.75, 3.05) is 19.6 Å². The lowest BCUT2D eigenvalue weighted by atomic mass is 9.92. The summed E-state index contributed by atoms with van der Waals surface area (Å²) in [6.45, 7) is 6.26. The molecule has 0 aliphatic heterocycles. The minimum absolute atomic E-state index is 0.174. The maximum atomic E-state index is 14.0. The normalized spacial score (nSPS) is 14.9. The van der Waals surface area contributed by atoms with Crippen LogP contribution in [0.3, 0.4) is 0 Å². The van der Waals surface area contributed by atoms with Crippen LogP contribution in [0.2, 0.25) is 0 Å². The minimum atomic E-state index is -3.22. The third-order valence-corrected chi connectivity index (χ3v) is 9.76. The fourth-order valence-electron chi connectivity index (χ4n) is 5.45. The van der Waals surface area contributed by atoms with E-state index in [1.807, 2.05) is 56.3 Å². The van der Waals surface area contributed by atoms with Crippen LogP contribution in [0.15, 0.2) is 65.5 Å². The van der Waals surface area contributed by atoms with Crippen LogP contribution in [0.1, 0.15) is 76.5 Å². The summed E-state index contributed by atoms with van der Waals surface area (Å²) in [5.41, 5.74) is 6.67. The summed E-state index contributed by atoms with van der Waals surface area (Å²) in [5, 5.41) is 4.87. The van der Waals surface area contributed by atoms with Gasteiger partial charge in [0.05, 0.1) is 18.3 Å². The van der Waals surface area contributed by atoms with Gasteiger partial charge in [0.2, 0.25) is 0 Å². The quantitative estimate of drug-likeness (QED) is 0.0879. The Balaban J connectivity index is 1.40. The van der Waals surface area contributed by atoms with Gasteiger partial charge in [-0.15, -0.1) is 0 Å². The molecule has 43 heavy (non-hydrogen) atoms. The van der Waals surface area contributed by atoms with Crippen LogP contribution in [0.5, 0.6) is 5.75 Å². The highest BCUT2D eigenvalue weighted by Gasteiger charge is 2.25. The summed E-state index contributed by atoms with van der Waals surface area (Å²) in [5.74, 6) is 0.548. The number of H-pyrrole nitrogens is 1. The van der Waals surface area contributed by atoms with E-state index in [4.69, 9.17) is 18.9 Å². The minimum Gasteiger partial charge on any atom is -0.467 e. The second-order valence-electron chi connectivity index (χ2n) is 11.0. The molecule has 2 heterocycles. The summed E-state index contributed by atoms with van der Waals surface area (Å²) in [4.78, 5) is 17.5. The Morgan fingerprint density at radius 2 is 1.70 bits per heavy atom. The number of aryl methyl sites for hydroxylation is 1. The summed E-state index contributed by atoms with van der Waals surface area (Å²) in [7, 11) is -3.22. The summed E-state index contributed by atoms with van der Waals surface area (Å²) in [6.07, 6.45) is 10.4. The number of nitrogens with zero attached hydrogens (tertiary/aromatic N) is 2. The summed E-state index contributed by atoms with van der Waals surface area (Å²) >= 11 is 0. The first-order chi connectivity index (χ1) is 20.9. The van der Waals surface area contributed by atoms with E-state index in [1.54, 1.807) is 12.1 Å². The molecule has 0 amide bonds. The van der Waals surface area contributed by atoms with E-state index in [2.05, 4.69) is 18.0 Å². The zero-order valence-corrected chi connectivity index (χ0v) is 26.3. The van der Waals surface area contributed by atoms with Gasteiger partial charge in [-0.2, -0.15) is 9.61 Å². The highest BCUT2D eigenvalue weighted by atomic mass is 31.2. The molecule has 0 bridgehead atoms. The van der Waals surface area contributed by atoms with E-state index in [9.17, 15) is 9.36 Å². The van der Waals surface area contributed by atoms with Crippen molar-refractivity contribution < 1.29 is 18.3 Å². The number of fused-ring (bicyclic) bond motifs is 1. The number of unbranched alkanes of at least 4 members (excludes halogenated alkanes) is 2. The van der Waals surface area contributed by atoms with Crippen molar-refractivity contribution in [3.63, 3.8) is 0 Å². The van der Waals surface area contributed by atoms with Gasteiger partial charge in [-0.05, 0) is 68.7 Å². The van der Waals surface area contributed by atoms with Gasteiger partial charge in [0.25, 0.3) is 5.56 Å². The first kappa shape index (κ1) is 31.0. The van der Waals surface area contributed by atoms with E-state index in [0.29, 0.717) is 24.1 Å². The zero-order valence-electron chi connectivity index (χ0n) is 25.4. The van der Waals surface area contributed by atoms with Gasteiger partial charge in [0, 0.05) is 16.8 Å². The standard InChI is InChI=1S/C34H42N3O5P/c1-4-6-22-41-43(39,23-7-5-2)42-24-40-29-20-18-27(19-21-29)30-25(3)35-33-31(26-14-10-8-11-15-26)32(36-37(33)34(30)38)28-16-12-9-13-17-28/h9,12-14,16-21,35H,4-8,10-11,15,22-24H2,1-3H3. The average molecular weight is 604 g/mol. The van der Waals surface area contributed by atoms with Crippen molar-refractivity contribution in [3.05, 3.63) is 82.3 Å². The maximum Gasteiger partial charge on any atom is 0.333 e. The molecule has 1 aliphatic carbocycles. The van der Waals surface area contributed by atoms with Crippen molar-refractivity contribution >= 4 is 18.8 Å². The van der Waals surface area contributed by atoms with Gasteiger partial charge in [0.15, 0.2) is 6.79 Å². The number of aromatic amines is 1. The number of hydrogen-bond donors (Lipinski definition) is 1. The lowest BCUT2D eigenvalue weighted by Gasteiger charge is -2.18. The van der Waals surface area contributed by atoms with E-state index < -0.39 is 7.60 Å². The molecule has 8 nitrogen and oxygen atoms in total. The van der Waals surface area contributed by atoms with Crippen molar-refractivity contribution in [3.8, 4) is 28.1 Å². The number of benzene rings is 2. The number of rotatable bonds is 14. The van der Waals surface area contributed by atoms with Gasteiger partial charge < -0.3 is 14.2 Å². The van der Waals surface area contributed by atoms with Crippen molar-refractivity contribution in [2.24, 2.45) is 0 Å². The second kappa shape index (κ2) is 14.3. The number of ether oxygens (including phenoxy) is 1. The Bertz CT molecular complexity index is 1660. The third kappa shape index (κ3) is 7.20. The Morgan fingerprint density at radius 3 is 2.40 bits per heavy atom. The molecule has 5 rings (SSSR count). The molecule has 0 spiro atoms. The third-order valence-electron chi connectivity index (χ3n) is 7.82. The molecule has 0 saturated carbocycles. The molecule has 1 aliphatic rings. The molecule has 9 heteroatoms. The average Bonchev–Trinajstić information content (AvgIpc) is 3.41. The topological polar surface area (TPSA) is 94.9 Å². The van der Waals surface area contributed by atoms with Gasteiger partial charge in [-0.3, -0.25) is 13.9 Å². The molecule has 0 radical (unpaired) electrons. The number of allylic oxidation sites excluding steroid dienone is 2. The fraction of sp³-hybridized carbons (Fsp3) is 0.412. The SMILES string of the molecule is CCCCOP(=O)(CCCC)OCOc1ccc(-c2c(C)[nH]c3c(C4=CCCCC4)c(-c4ccccc4)nn3c2=O)cc1. The van der Waals surface area contributed by atoms with E-state index in [-0.39, 0.29) is 12.4 Å². The Morgan fingerprint density at radius 1 is 0.930 bits per heavy atom. The van der Waals surface area contributed by atoms with Crippen molar-refractivity contribution in [2.45, 2.75) is 72.1 Å². The van der Waals surface area contributed by atoms with Crippen LogP contribution >= 0.6 is 7.60 Å². The highest BCUT2D eigenvalue weighted by Crippen LogP contribution is 2.49. The van der Waals surface area contributed by atoms with Gasteiger partial charge in [0.1, 0.15) is 17.1 Å². The molecule has 1 N–H and O–H groups in total. The zero-order chi connectivity index (χ0) is 30.2. The number of aromatic nitrogens is 3. The molecule has 2 aromatic carbocycles. The Labute approximate surface area is 253 Å². The molecule has 228 valence electrons. The lowest BCUT2D eigenvalue weighted by Crippen LogP contribution is -2.19. The first-order valence-corrected chi connectivity index (χ1v) is 17.2. The molecule has 0 fully saturated rings. The van der Waals surface area contributed by atoms with Crippen LogP contribution < -0.4 is 10.3 Å².